The van der Waals surface area contributed by atoms with Gasteiger partial charge >= 0.3 is 0 Å². The quantitative estimate of drug-likeness (QED) is 0.252. The van der Waals surface area contributed by atoms with Crippen LogP contribution in [0, 0.1) is 13.8 Å². The molecule has 0 aliphatic rings. The van der Waals surface area contributed by atoms with E-state index in [0.29, 0.717) is 30.5 Å². The molecule has 0 saturated heterocycles. The summed E-state index contributed by atoms with van der Waals surface area (Å²) in [6.07, 6.45) is 0. The fraction of sp³-hybridized carbons (Fsp3) is 0.304. The maximum absolute atomic E-state index is 6.19. The van der Waals surface area contributed by atoms with Crippen molar-refractivity contribution < 1.29 is 4.74 Å². The molecule has 1 heterocycles. The Labute approximate surface area is 206 Å². The molecule has 3 rings (SSSR count). The molecule has 3 aromatic rings. The van der Waals surface area contributed by atoms with E-state index in [-0.39, 0.29) is 24.0 Å². The highest BCUT2D eigenvalue weighted by atomic mass is 127. The van der Waals surface area contributed by atoms with E-state index in [9.17, 15) is 0 Å². The van der Waals surface area contributed by atoms with Crippen molar-refractivity contribution in [1.82, 2.24) is 20.4 Å². The Kier molecular flexibility index (Phi) is 9.64. The molecule has 0 fully saturated rings. The fourth-order valence-electron chi connectivity index (χ4n) is 3.23. The van der Waals surface area contributed by atoms with Crippen molar-refractivity contribution in [3.63, 3.8) is 0 Å². The van der Waals surface area contributed by atoms with Gasteiger partial charge in [0.25, 0.3) is 0 Å². The van der Waals surface area contributed by atoms with Gasteiger partial charge < -0.3 is 15.4 Å². The molecular weight excluding hydrogens is 525 g/mol. The lowest BCUT2D eigenvalue weighted by molar-refractivity contribution is 0.305. The SMILES string of the molecule is CN=C(NCc1ccccc1COc1ccccc1Cl)NCc1c(C)nn(C)c1C.I. The first-order chi connectivity index (χ1) is 14.5. The molecule has 0 unspecified atom stereocenters. The lowest BCUT2D eigenvalue weighted by Gasteiger charge is -2.15. The summed E-state index contributed by atoms with van der Waals surface area (Å²) in [5.41, 5.74) is 5.60. The van der Waals surface area contributed by atoms with Gasteiger partial charge in [0.15, 0.2) is 5.96 Å². The van der Waals surface area contributed by atoms with Gasteiger partial charge in [-0.2, -0.15) is 5.10 Å². The smallest absolute Gasteiger partial charge is 0.191 e. The number of hydrogen-bond acceptors (Lipinski definition) is 3. The van der Waals surface area contributed by atoms with Crippen LogP contribution in [0.4, 0.5) is 0 Å². The molecular formula is C23H29ClIN5O. The summed E-state index contributed by atoms with van der Waals surface area (Å²) in [5.74, 6) is 1.42. The summed E-state index contributed by atoms with van der Waals surface area (Å²) in [5, 5.41) is 11.8. The second-order valence-corrected chi connectivity index (χ2v) is 7.45. The molecule has 8 heteroatoms. The largest absolute Gasteiger partial charge is 0.487 e. The topological polar surface area (TPSA) is 63.5 Å². The summed E-state index contributed by atoms with van der Waals surface area (Å²) in [7, 11) is 3.73. The van der Waals surface area contributed by atoms with E-state index < -0.39 is 0 Å². The first-order valence-electron chi connectivity index (χ1n) is 9.87. The third-order valence-corrected chi connectivity index (χ3v) is 5.41. The van der Waals surface area contributed by atoms with Crippen molar-refractivity contribution >= 4 is 41.5 Å². The second kappa shape index (κ2) is 12.0. The number of nitrogens with zero attached hydrogens (tertiary/aromatic N) is 3. The van der Waals surface area contributed by atoms with E-state index >= 15 is 0 Å². The van der Waals surface area contributed by atoms with Gasteiger partial charge in [0.1, 0.15) is 12.4 Å². The number of aliphatic imine (C=N–C) groups is 1. The maximum Gasteiger partial charge on any atom is 0.191 e. The number of para-hydroxylation sites is 1. The summed E-state index contributed by atoms with van der Waals surface area (Å²) in [6.45, 7) is 5.84. The van der Waals surface area contributed by atoms with Crippen LogP contribution in [0.15, 0.2) is 53.5 Å². The minimum Gasteiger partial charge on any atom is -0.487 e. The first kappa shape index (κ1) is 25.0. The summed E-state index contributed by atoms with van der Waals surface area (Å²) in [6, 6.07) is 15.7. The second-order valence-electron chi connectivity index (χ2n) is 7.04. The number of nitrogens with one attached hydrogen (secondary N) is 2. The van der Waals surface area contributed by atoms with Gasteiger partial charge in [0.05, 0.1) is 10.7 Å². The van der Waals surface area contributed by atoms with Gasteiger partial charge in [0.2, 0.25) is 0 Å². The average Bonchev–Trinajstić information content (AvgIpc) is 2.99. The van der Waals surface area contributed by atoms with Crippen molar-refractivity contribution in [1.29, 1.82) is 0 Å². The molecule has 0 atom stereocenters. The molecule has 0 aliphatic heterocycles. The van der Waals surface area contributed by atoms with Crippen LogP contribution in [0.5, 0.6) is 5.75 Å². The number of ether oxygens (including phenoxy) is 1. The van der Waals surface area contributed by atoms with Crippen LogP contribution in [-0.2, 0) is 26.7 Å². The minimum absolute atomic E-state index is 0. The highest BCUT2D eigenvalue weighted by Crippen LogP contribution is 2.24. The van der Waals surface area contributed by atoms with E-state index in [1.807, 2.05) is 55.1 Å². The van der Waals surface area contributed by atoms with E-state index in [4.69, 9.17) is 16.3 Å². The number of aromatic nitrogens is 2. The average molecular weight is 554 g/mol. The molecule has 166 valence electrons. The van der Waals surface area contributed by atoms with Crippen LogP contribution >= 0.6 is 35.6 Å². The molecule has 0 amide bonds. The van der Waals surface area contributed by atoms with Gasteiger partial charge in [-0.05, 0) is 37.1 Å². The summed E-state index contributed by atoms with van der Waals surface area (Å²) >= 11 is 6.19. The number of guanidine groups is 1. The van der Waals surface area contributed by atoms with Crippen molar-refractivity contribution in [3.8, 4) is 5.75 Å². The van der Waals surface area contributed by atoms with Gasteiger partial charge in [-0.1, -0.05) is 48.0 Å². The number of halogens is 2. The maximum atomic E-state index is 6.19. The highest BCUT2D eigenvalue weighted by Gasteiger charge is 2.10. The Morgan fingerprint density at radius 3 is 2.32 bits per heavy atom. The standard InChI is InChI=1S/C23H28ClN5O.HI/c1-16-20(17(2)29(4)28-16)14-27-23(25-3)26-13-18-9-5-6-10-19(18)15-30-22-12-8-7-11-21(22)24;/h5-12H,13-15H2,1-4H3,(H2,25,26,27);1H. The van der Waals surface area contributed by atoms with Gasteiger partial charge in [-0.15, -0.1) is 24.0 Å². The molecule has 0 saturated carbocycles. The Morgan fingerprint density at radius 1 is 1.03 bits per heavy atom. The molecule has 0 bridgehead atoms. The summed E-state index contributed by atoms with van der Waals surface area (Å²) in [4.78, 5) is 4.34. The summed E-state index contributed by atoms with van der Waals surface area (Å²) < 4.78 is 7.82. The zero-order valence-corrected chi connectivity index (χ0v) is 21.4. The van der Waals surface area contributed by atoms with Crippen LogP contribution in [0.1, 0.15) is 28.1 Å². The molecule has 6 nitrogen and oxygen atoms in total. The number of rotatable bonds is 7. The monoisotopic (exact) mass is 553 g/mol. The molecule has 2 aromatic carbocycles. The van der Waals surface area contributed by atoms with Crippen LogP contribution < -0.4 is 15.4 Å². The molecule has 0 spiro atoms. The van der Waals surface area contributed by atoms with Crippen LogP contribution in [0.25, 0.3) is 0 Å². The molecule has 31 heavy (non-hydrogen) atoms. The molecule has 2 N–H and O–H groups in total. The first-order valence-corrected chi connectivity index (χ1v) is 10.2. The normalized spacial score (nSPS) is 11.1. The number of benzene rings is 2. The van der Waals surface area contributed by atoms with Crippen molar-refractivity contribution in [3.05, 3.63) is 81.6 Å². The van der Waals surface area contributed by atoms with E-state index in [2.05, 4.69) is 39.8 Å². The lowest BCUT2D eigenvalue weighted by Crippen LogP contribution is -2.36. The lowest BCUT2D eigenvalue weighted by atomic mass is 10.1. The van der Waals surface area contributed by atoms with Gasteiger partial charge in [-0.25, -0.2) is 0 Å². The predicted molar refractivity (Wildman–Crippen MR) is 137 cm³/mol. The Hall–Kier alpha value is -2.26. The van der Waals surface area contributed by atoms with Crippen molar-refractivity contribution in [2.75, 3.05) is 7.05 Å². The van der Waals surface area contributed by atoms with Crippen LogP contribution in [-0.4, -0.2) is 22.8 Å². The van der Waals surface area contributed by atoms with Crippen LogP contribution in [0.3, 0.4) is 0 Å². The fourth-order valence-corrected chi connectivity index (χ4v) is 3.42. The third-order valence-electron chi connectivity index (χ3n) is 5.10. The Balaban J connectivity index is 0.00000341. The molecule has 0 aliphatic carbocycles. The van der Waals surface area contributed by atoms with E-state index in [1.54, 1.807) is 7.05 Å². The Morgan fingerprint density at radius 2 is 1.68 bits per heavy atom. The highest BCUT2D eigenvalue weighted by molar-refractivity contribution is 14.0. The third kappa shape index (κ3) is 6.61. The van der Waals surface area contributed by atoms with Gasteiger partial charge in [0, 0.05) is 38.4 Å². The minimum atomic E-state index is 0. The van der Waals surface area contributed by atoms with Crippen molar-refractivity contribution in [2.45, 2.75) is 33.5 Å². The predicted octanol–water partition coefficient (Wildman–Crippen LogP) is 4.75. The van der Waals surface area contributed by atoms with Crippen LogP contribution in [0.2, 0.25) is 5.02 Å². The number of hydrogen-bond donors (Lipinski definition) is 2. The molecule has 0 radical (unpaired) electrons. The van der Waals surface area contributed by atoms with Gasteiger partial charge in [-0.3, -0.25) is 9.67 Å². The van der Waals surface area contributed by atoms with E-state index in [1.165, 1.54) is 5.56 Å². The Bertz CT molecular complexity index is 1030. The zero-order valence-electron chi connectivity index (χ0n) is 18.3. The van der Waals surface area contributed by atoms with E-state index in [0.717, 1.165) is 28.5 Å². The number of aryl methyl sites for hydroxylation is 2. The molecule has 1 aromatic heterocycles. The van der Waals surface area contributed by atoms with Crippen molar-refractivity contribution in [2.24, 2.45) is 12.0 Å². The zero-order chi connectivity index (χ0) is 21.5.